The Hall–Kier alpha value is -3.22. The molecular weight excluding hydrogens is 374 g/mol. The molecule has 2 aromatic rings. The number of carbonyl (C=O) groups excluding carboxylic acids is 2. The number of unbranched alkanes of at least 4 members (excludes halogenated alkanes) is 3. The van der Waals surface area contributed by atoms with Crippen molar-refractivity contribution in [1.82, 2.24) is 0 Å². The van der Waals surface area contributed by atoms with E-state index < -0.39 is 16.9 Å². The lowest BCUT2D eigenvalue weighted by atomic mass is 10.1. The van der Waals surface area contributed by atoms with Gasteiger partial charge in [-0.25, -0.2) is 9.59 Å². The first-order valence-corrected chi connectivity index (χ1v) is 9.60. The SMILES string of the molecule is CCCCCCOC(=O)c1ccc(C(=O)OCc2ccc([N+](=O)[O-])c(C)c2)cc1. The Labute approximate surface area is 169 Å². The number of carbonyl (C=O) groups is 2. The number of ether oxygens (including phenoxy) is 2. The molecule has 2 aromatic carbocycles. The fourth-order valence-corrected chi connectivity index (χ4v) is 2.76. The van der Waals surface area contributed by atoms with Gasteiger partial charge in [-0.05, 0) is 55.3 Å². The summed E-state index contributed by atoms with van der Waals surface area (Å²) in [6.07, 6.45) is 4.11. The van der Waals surface area contributed by atoms with Crippen LogP contribution in [0.1, 0.15) is 64.4 Å². The molecule has 0 amide bonds. The zero-order valence-corrected chi connectivity index (χ0v) is 16.7. The fraction of sp³-hybridized carbons (Fsp3) is 0.364. The molecule has 0 spiro atoms. The first kappa shape index (κ1) is 22.1. The van der Waals surface area contributed by atoms with Crippen molar-refractivity contribution in [2.75, 3.05) is 6.61 Å². The fourth-order valence-electron chi connectivity index (χ4n) is 2.76. The number of nitro groups is 1. The lowest BCUT2D eigenvalue weighted by Gasteiger charge is -2.07. The molecule has 154 valence electrons. The van der Waals surface area contributed by atoms with Crippen LogP contribution >= 0.6 is 0 Å². The molecular formula is C22H25NO6. The minimum Gasteiger partial charge on any atom is -0.462 e. The highest BCUT2D eigenvalue weighted by Gasteiger charge is 2.13. The van der Waals surface area contributed by atoms with Crippen molar-refractivity contribution in [3.63, 3.8) is 0 Å². The summed E-state index contributed by atoms with van der Waals surface area (Å²) in [5, 5.41) is 10.8. The Kier molecular flexibility index (Phi) is 8.33. The average molecular weight is 399 g/mol. The van der Waals surface area contributed by atoms with Gasteiger partial charge in [0.15, 0.2) is 0 Å². The molecule has 7 nitrogen and oxygen atoms in total. The topological polar surface area (TPSA) is 95.7 Å². The van der Waals surface area contributed by atoms with Crippen LogP contribution in [-0.4, -0.2) is 23.5 Å². The van der Waals surface area contributed by atoms with E-state index >= 15 is 0 Å². The van der Waals surface area contributed by atoms with E-state index in [-0.39, 0.29) is 12.3 Å². The van der Waals surface area contributed by atoms with Crippen molar-refractivity contribution in [3.8, 4) is 0 Å². The van der Waals surface area contributed by atoms with Gasteiger partial charge in [0, 0.05) is 11.6 Å². The highest BCUT2D eigenvalue weighted by atomic mass is 16.6. The van der Waals surface area contributed by atoms with Crippen LogP contribution in [0.5, 0.6) is 0 Å². The molecule has 29 heavy (non-hydrogen) atoms. The third-order valence-electron chi connectivity index (χ3n) is 4.42. The summed E-state index contributed by atoms with van der Waals surface area (Å²) in [5.41, 5.74) is 1.87. The summed E-state index contributed by atoms with van der Waals surface area (Å²) in [4.78, 5) is 34.6. The Morgan fingerprint density at radius 2 is 1.55 bits per heavy atom. The van der Waals surface area contributed by atoms with Gasteiger partial charge < -0.3 is 9.47 Å². The Morgan fingerprint density at radius 3 is 2.10 bits per heavy atom. The molecule has 0 atom stereocenters. The first-order chi connectivity index (χ1) is 13.9. The minimum absolute atomic E-state index is 0.000773. The smallest absolute Gasteiger partial charge is 0.338 e. The van der Waals surface area contributed by atoms with Gasteiger partial charge in [0.05, 0.1) is 22.7 Å². The number of hydrogen-bond donors (Lipinski definition) is 0. The average Bonchev–Trinajstić information content (AvgIpc) is 2.71. The van der Waals surface area contributed by atoms with E-state index in [0.29, 0.717) is 28.9 Å². The monoisotopic (exact) mass is 399 g/mol. The van der Waals surface area contributed by atoms with Crippen LogP contribution in [0.15, 0.2) is 42.5 Å². The predicted octanol–water partition coefficient (Wildman–Crippen LogP) is 5.00. The zero-order valence-electron chi connectivity index (χ0n) is 16.7. The van der Waals surface area contributed by atoms with Gasteiger partial charge in [-0.3, -0.25) is 10.1 Å². The van der Waals surface area contributed by atoms with Gasteiger partial charge in [-0.1, -0.05) is 26.2 Å². The van der Waals surface area contributed by atoms with E-state index in [1.165, 1.54) is 30.3 Å². The number of hydrogen-bond acceptors (Lipinski definition) is 6. The van der Waals surface area contributed by atoms with Crippen molar-refractivity contribution in [2.45, 2.75) is 46.1 Å². The third-order valence-corrected chi connectivity index (χ3v) is 4.42. The number of aryl methyl sites for hydroxylation is 1. The maximum absolute atomic E-state index is 12.2. The molecule has 0 radical (unpaired) electrons. The molecule has 0 bridgehead atoms. The van der Waals surface area contributed by atoms with Crippen LogP contribution in [0.2, 0.25) is 0 Å². The van der Waals surface area contributed by atoms with Crippen molar-refractivity contribution in [3.05, 3.63) is 74.8 Å². The Bertz CT molecular complexity index is 860. The van der Waals surface area contributed by atoms with Crippen LogP contribution in [0, 0.1) is 17.0 Å². The highest BCUT2D eigenvalue weighted by Crippen LogP contribution is 2.19. The zero-order chi connectivity index (χ0) is 21.2. The van der Waals surface area contributed by atoms with Crippen molar-refractivity contribution in [1.29, 1.82) is 0 Å². The molecule has 2 rings (SSSR count). The molecule has 0 aromatic heterocycles. The van der Waals surface area contributed by atoms with Gasteiger partial charge in [-0.15, -0.1) is 0 Å². The van der Waals surface area contributed by atoms with E-state index in [0.717, 1.165) is 25.7 Å². The molecule has 0 aliphatic carbocycles. The second kappa shape index (κ2) is 10.9. The summed E-state index contributed by atoms with van der Waals surface area (Å²) in [6.45, 7) is 4.13. The van der Waals surface area contributed by atoms with Crippen LogP contribution in [0.3, 0.4) is 0 Å². The lowest BCUT2D eigenvalue weighted by molar-refractivity contribution is -0.385. The number of benzene rings is 2. The Morgan fingerprint density at radius 1 is 0.931 bits per heavy atom. The quantitative estimate of drug-likeness (QED) is 0.241. The normalized spacial score (nSPS) is 10.4. The number of rotatable bonds is 10. The maximum Gasteiger partial charge on any atom is 0.338 e. The molecule has 0 heterocycles. The van der Waals surface area contributed by atoms with Crippen LogP contribution in [-0.2, 0) is 16.1 Å². The minimum atomic E-state index is -0.541. The molecule has 7 heteroatoms. The van der Waals surface area contributed by atoms with E-state index in [1.807, 2.05) is 0 Å². The standard InChI is InChI=1S/C22H25NO6/c1-3-4-5-6-13-28-21(24)18-8-10-19(11-9-18)22(25)29-15-17-7-12-20(23(26)27)16(2)14-17/h7-12,14H,3-6,13,15H2,1-2H3. The van der Waals surface area contributed by atoms with Crippen LogP contribution in [0.4, 0.5) is 5.69 Å². The summed E-state index contributed by atoms with van der Waals surface area (Å²) in [7, 11) is 0. The lowest BCUT2D eigenvalue weighted by Crippen LogP contribution is -2.08. The Balaban J connectivity index is 1.86. The molecule has 0 N–H and O–H groups in total. The van der Waals surface area contributed by atoms with Crippen molar-refractivity contribution in [2.24, 2.45) is 0 Å². The number of nitrogens with zero attached hydrogens (tertiary/aromatic N) is 1. The molecule has 0 aliphatic rings. The predicted molar refractivity (Wildman–Crippen MR) is 108 cm³/mol. The van der Waals surface area contributed by atoms with Gasteiger partial charge in [-0.2, -0.15) is 0 Å². The van der Waals surface area contributed by atoms with Crippen LogP contribution in [0.25, 0.3) is 0 Å². The second-order valence-electron chi connectivity index (χ2n) is 6.73. The number of esters is 2. The van der Waals surface area contributed by atoms with Gasteiger partial charge >= 0.3 is 11.9 Å². The third kappa shape index (κ3) is 6.71. The molecule has 0 saturated heterocycles. The second-order valence-corrected chi connectivity index (χ2v) is 6.73. The van der Waals surface area contributed by atoms with E-state index in [9.17, 15) is 19.7 Å². The molecule has 0 unspecified atom stereocenters. The van der Waals surface area contributed by atoms with Gasteiger partial charge in [0.2, 0.25) is 0 Å². The maximum atomic E-state index is 12.2. The summed E-state index contributed by atoms with van der Waals surface area (Å²) < 4.78 is 10.5. The van der Waals surface area contributed by atoms with E-state index in [1.54, 1.807) is 19.1 Å². The molecule has 0 fully saturated rings. The van der Waals surface area contributed by atoms with Gasteiger partial charge in [0.25, 0.3) is 5.69 Å². The van der Waals surface area contributed by atoms with Crippen LogP contribution < -0.4 is 0 Å². The van der Waals surface area contributed by atoms with E-state index in [4.69, 9.17) is 9.47 Å². The summed E-state index contributed by atoms with van der Waals surface area (Å²) >= 11 is 0. The summed E-state index contributed by atoms with van der Waals surface area (Å²) in [6, 6.07) is 10.6. The van der Waals surface area contributed by atoms with E-state index in [2.05, 4.69) is 6.92 Å². The summed E-state index contributed by atoms with van der Waals surface area (Å²) in [5.74, 6) is -0.955. The van der Waals surface area contributed by atoms with Crippen molar-refractivity contribution < 1.29 is 24.0 Å². The molecule has 0 saturated carbocycles. The largest absolute Gasteiger partial charge is 0.462 e. The number of nitro benzene ring substituents is 1. The van der Waals surface area contributed by atoms with Crippen molar-refractivity contribution >= 4 is 17.6 Å². The molecule has 0 aliphatic heterocycles. The highest BCUT2D eigenvalue weighted by molar-refractivity contribution is 5.93. The van der Waals surface area contributed by atoms with Gasteiger partial charge in [0.1, 0.15) is 6.61 Å². The first-order valence-electron chi connectivity index (χ1n) is 9.60.